The van der Waals surface area contributed by atoms with E-state index in [1.54, 1.807) is 25.1 Å². The molecule has 94 valence electrons. The van der Waals surface area contributed by atoms with E-state index in [9.17, 15) is 8.42 Å². The van der Waals surface area contributed by atoms with Crippen molar-refractivity contribution in [3.63, 3.8) is 0 Å². The van der Waals surface area contributed by atoms with Crippen LogP contribution >= 0.6 is 0 Å². The summed E-state index contributed by atoms with van der Waals surface area (Å²) in [5, 5.41) is 8.90. The first kappa shape index (κ1) is 12.3. The minimum Gasteiger partial charge on any atom is -0.398 e. The normalized spacial score (nSPS) is 18.0. The van der Waals surface area contributed by atoms with Crippen molar-refractivity contribution in [2.24, 2.45) is 5.92 Å². The highest BCUT2D eigenvalue weighted by Gasteiger charge is 2.36. The molecule has 0 unspecified atom stereocenters. The summed E-state index contributed by atoms with van der Waals surface area (Å²) < 4.78 is 25.8. The summed E-state index contributed by atoms with van der Waals surface area (Å²) in [5.41, 5.74) is 6.77. The van der Waals surface area contributed by atoms with Crippen molar-refractivity contribution in [3.8, 4) is 0 Å². The average Bonchev–Trinajstić information content (AvgIpc) is 2.20. The third-order valence-corrected chi connectivity index (χ3v) is 5.10. The summed E-state index contributed by atoms with van der Waals surface area (Å²) in [6.07, 6.45) is 0. The van der Waals surface area contributed by atoms with E-state index >= 15 is 0 Å². The zero-order valence-electron chi connectivity index (χ0n) is 9.63. The van der Waals surface area contributed by atoms with E-state index in [2.05, 4.69) is 0 Å². The highest BCUT2D eigenvalue weighted by molar-refractivity contribution is 7.89. The molecule has 17 heavy (non-hydrogen) atoms. The van der Waals surface area contributed by atoms with Gasteiger partial charge in [0, 0.05) is 31.3 Å². The van der Waals surface area contributed by atoms with Gasteiger partial charge in [0.2, 0.25) is 10.0 Å². The molecule has 5 nitrogen and oxygen atoms in total. The van der Waals surface area contributed by atoms with E-state index in [0.29, 0.717) is 24.3 Å². The van der Waals surface area contributed by atoms with Crippen molar-refractivity contribution < 1.29 is 13.5 Å². The number of nitrogen functional groups attached to an aromatic ring is 1. The maximum absolute atomic E-state index is 12.2. The molecule has 1 aromatic rings. The number of hydrogen-bond acceptors (Lipinski definition) is 4. The van der Waals surface area contributed by atoms with Crippen LogP contribution in [-0.4, -0.2) is 37.5 Å². The van der Waals surface area contributed by atoms with Gasteiger partial charge in [-0.3, -0.25) is 0 Å². The van der Waals surface area contributed by atoms with Gasteiger partial charge in [-0.1, -0.05) is 6.07 Å². The lowest BCUT2D eigenvalue weighted by Gasteiger charge is -2.37. The largest absolute Gasteiger partial charge is 0.398 e. The lowest BCUT2D eigenvalue weighted by molar-refractivity contribution is 0.117. The predicted molar refractivity (Wildman–Crippen MR) is 64.9 cm³/mol. The van der Waals surface area contributed by atoms with Gasteiger partial charge in [-0.2, -0.15) is 4.31 Å². The fraction of sp³-hybridized carbons (Fsp3) is 0.455. The van der Waals surface area contributed by atoms with Gasteiger partial charge in [-0.25, -0.2) is 8.42 Å². The summed E-state index contributed by atoms with van der Waals surface area (Å²) in [6, 6.07) is 4.88. The van der Waals surface area contributed by atoms with Crippen molar-refractivity contribution in [1.82, 2.24) is 4.31 Å². The monoisotopic (exact) mass is 256 g/mol. The second-order valence-corrected chi connectivity index (χ2v) is 6.25. The highest BCUT2D eigenvalue weighted by atomic mass is 32.2. The average molecular weight is 256 g/mol. The van der Waals surface area contributed by atoms with Crippen LogP contribution in [0.1, 0.15) is 5.56 Å². The van der Waals surface area contributed by atoms with Gasteiger partial charge in [0.15, 0.2) is 0 Å². The molecule has 0 bridgehead atoms. The van der Waals surface area contributed by atoms with Crippen LogP contribution < -0.4 is 5.73 Å². The zero-order chi connectivity index (χ0) is 12.6. The van der Waals surface area contributed by atoms with Crippen molar-refractivity contribution in [1.29, 1.82) is 0 Å². The lowest BCUT2D eigenvalue weighted by Crippen LogP contribution is -2.51. The van der Waals surface area contributed by atoms with E-state index in [-0.39, 0.29) is 17.4 Å². The van der Waals surface area contributed by atoms with Gasteiger partial charge in [0.1, 0.15) is 0 Å². The lowest BCUT2D eigenvalue weighted by atomic mass is 10.1. The summed E-state index contributed by atoms with van der Waals surface area (Å²) in [5.74, 6) is 0.0612. The fourth-order valence-electron chi connectivity index (χ4n) is 1.88. The smallest absolute Gasteiger partial charge is 0.243 e. The Morgan fingerprint density at radius 3 is 2.71 bits per heavy atom. The summed E-state index contributed by atoms with van der Waals surface area (Å²) in [7, 11) is -3.46. The summed E-state index contributed by atoms with van der Waals surface area (Å²) in [4.78, 5) is 0.258. The second kappa shape index (κ2) is 4.29. The second-order valence-electron chi connectivity index (χ2n) is 4.34. The number of sulfonamides is 1. The number of nitrogens with zero attached hydrogens (tertiary/aromatic N) is 1. The standard InChI is InChI=1S/C11H16N2O3S/c1-8-10(12)3-2-4-11(8)17(15,16)13-5-9(6-13)7-14/h2-4,9,14H,5-7,12H2,1H3. The number of benzene rings is 1. The summed E-state index contributed by atoms with van der Waals surface area (Å²) >= 11 is 0. The molecular weight excluding hydrogens is 240 g/mol. The Hall–Kier alpha value is -1.11. The SMILES string of the molecule is Cc1c(N)cccc1S(=O)(=O)N1CC(CO)C1. The van der Waals surface area contributed by atoms with E-state index in [1.807, 2.05) is 0 Å². The minimum absolute atomic E-state index is 0.0297. The molecule has 0 atom stereocenters. The Morgan fingerprint density at radius 2 is 2.12 bits per heavy atom. The van der Waals surface area contributed by atoms with Gasteiger partial charge in [0.25, 0.3) is 0 Å². The zero-order valence-corrected chi connectivity index (χ0v) is 10.4. The molecule has 0 aliphatic carbocycles. The Balaban J connectivity index is 2.30. The van der Waals surface area contributed by atoms with Crippen LogP contribution in [-0.2, 0) is 10.0 Å². The molecule has 6 heteroatoms. The van der Waals surface area contributed by atoms with E-state index in [0.717, 1.165) is 0 Å². The van der Waals surface area contributed by atoms with Crippen molar-refractivity contribution in [2.75, 3.05) is 25.4 Å². The van der Waals surface area contributed by atoms with Crippen LogP contribution in [0.2, 0.25) is 0 Å². The Kier molecular flexibility index (Phi) is 3.11. The number of aliphatic hydroxyl groups excluding tert-OH is 1. The van der Waals surface area contributed by atoms with Crippen LogP contribution in [0.15, 0.2) is 23.1 Å². The topological polar surface area (TPSA) is 83.6 Å². The van der Waals surface area contributed by atoms with E-state index in [1.165, 1.54) is 4.31 Å². The number of anilines is 1. The molecule has 1 heterocycles. The summed E-state index contributed by atoms with van der Waals surface area (Å²) in [6.45, 7) is 2.49. The molecule has 0 saturated carbocycles. The quantitative estimate of drug-likeness (QED) is 0.756. The van der Waals surface area contributed by atoms with Crippen LogP contribution in [0, 0.1) is 12.8 Å². The first-order chi connectivity index (χ1) is 7.96. The first-order valence-electron chi connectivity index (χ1n) is 5.43. The Morgan fingerprint density at radius 1 is 1.47 bits per heavy atom. The maximum Gasteiger partial charge on any atom is 0.243 e. The molecule has 1 aromatic carbocycles. The van der Waals surface area contributed by atoms with Crippen LogP contribution in [0.25, 0.3) is 0 Å². The van der Waals surface area contributed by atoms with E-state index in [4.69, 9.17) is 10.8 Å². The van der Waals surface area contributed by atoms with Crippen LogP contribution in [0.4, 0.5) is 5.69 Å². The van der Waals surface area contributed by atoms with Gasteiger partial charge < -0.3 is 10.8 Å². The molecule has 2 rings (SSSR count). The van der Waals surface area contributed by atoms with Gasteiger partial charge >= 0.3 is 0 Å². The van der Waals surface area contributed by atoms with Gasteiger partial charge in [-0.15, -0.1) is 0 Å². The van der Waals surface area contributed by atoms with Crippen molar-refractivity contribution in [2.45, 2.75) is 11.8 Å². The fourth-order valence-corrected chi connectivity index (χ4v) is 3.73. The molecule has 0 radical (unpaired) electrons. The van der Waals surface area contributed by atoms with Gasteiger partial charge in [0.05, 0.1) is 4.90 Å². The van der Waals surface area contributed by atoms with Crippen molar-refractivity contribution in [3.05, 3.63) is 23.8 Å². The molecule has 1 aliphatic rings. The minimum atomic E-state index is -3.46. The van der Waals surface area contributed by atoms with Gasteiger partial charge in [-0.05, 0) is 24.6 Å². The molecule has 1 fully saturated rings. The molecule has 1 aliphatic heterocycles. The Bertz CT molecular complexity index is 522. The number of rotatable bonds is 3. The van der Waals surface area contributed by atoms with Crippen molar-refractivity contribution >= 4 is 15.7 Å². The van der Waals surface area contributed by atoms with E-state index < -0.39 is 10.0 Å². The molecule has 0 amide bonds. The number of hydrogen-bond donors (Lipinski definition) is 2. The molecule has 0 aromatic heterocycles. The third-order valence-electron chi connectivity index (χ3n) is 3.13. The highest BCUT2D eigenvalue weighted by Crippen LogP contribution is 2.28. The number of nitrogens with two attached hydrogens (primary N) is 1. The molecule has 0 spiro atoms. The Labute approximate surface area is 101 Å². The predicted octanol–water partition coefficient (Wildman–Crippen LogP) is 0.190. The molecule has 1 saturated heterocycles. The maximum atomic E-state index is 12.2. The van der Waals surface area contributed by atoms with Crippen LogP contribution in [0.3, 0.4) is 0 Å². The van der Waals surface area contributed by atoms with Crippen LogP contribution in [0.5, 0.6) is 0 Å². The number of aliphatic hydroxyl groups is 1. The third kappa shape index (κ3) is 2.03. The molecule has 3 N–H and O–H groups in total. The molecular formula is C11H16N2O3S. The first-order valence-corrected chi connectivity index (χ1v) is 6.87.